The van der Waals surface area contributed by atoms with E-state index in [1.54, 1.807) is 26.8 Å². The molecule has 0 unspecified atom stereocenters. The maximum Gasteiger partial charge on any atom is 0.410 e. The number of benzene rings is 1. The Bertz CT molecular complexity index is 678. The molecule has 0 aromatic heterocycles. The molecule has 1 heterocycles. The molecule has 2 amide bonds. The van der Waals surface area contributed by atoms with Crippen molar-refractivity contribution >= 4 is 23.6 Å². The van der Waals surface area contributed by atoms with Crippen molar-refractivity contribution in [3.63, 3.8) is 0 Å². The van der Waals surface area contributed by atoms with Gasteiger partial charge in [-0.15, -0.1) is 0 Å². The van der Waals surface area contributed by atoms with E-state index < -0.39 is 29.5 Å². The molecular weight excluding hydrogens is 363 g/mol. The van der Waals surface area contributed by atoms with Gasteiger partial charge in [-0.2, -0.15) is 0 Å². The van der Waals surface area contributed by atoms with Gasteiger partial charge >= 0.3 is 6.09 Å². The van der Waals surface area contributed by atoms with Crippen molar-refractivity contribution in [3.05, 3.63) is 34.6 Å². The first-order chi connectivity index (χ1) is 12.1. The molecule has 8 heteroatoms. The van der Waals surface area contributed by atoms with Gasteiger partial charge in [-0.3, -0.25) is 9.69 Å². The van der Waals surface area contributed by atoms with E-state index in [0.717, 1.165) is 0 Å². The maximum absolute atomic E-state index is 13.9. The molecule has 1 aromatic carbocycles. The summed E-state index contributed by atoms with van der Waals surface area (Å²) in [6.45, 7) is 5.26. The number of hydrogen-bond donors (Lipinski definition) is 2. The Morgan fingerprint density at radius 3 is 2.73 bits per heavy atom. The molecule has 1 aromatic rings. The van der Waals surface area contributed by atoms with Gasteiger partial charge in [0, 0.05) is 31.2 Å². The van der Waals surface area contributed by atoms with Crippen LogP contribution in [0.1, 0.15) is 32.8 Å². The molecule has 0 aliphatic carbocycles. The number of carbonyl (C=O) groups excluding carboxylic acids is 2. The third-order valence-electron chi connectivity index (χ3n) is 4.06. The topological polar surface area (TPSA) is 78.9 Å². The number of nitrogens with zero attached hydrogens (tertiary/aromatic N) is 1. The SMILES string of the molecule is CC(C)(C)OC(=O)N1C[C@H](CO)C[C@H]1C(=O)NCc1cccc(Cl)c1F. The summed E-state index contributed by atoms with van der Waals surface area (Å²) in [6, 6.07) is 3.77. The second-order valence-corrected chi connectivity index (χ2v) is 7.77. The number of aliphatic hydroxyl groups is 1. The highest BCUT2D eigenvalue weighted by molar-refractivity contribution is 6.30. The number of nitrogens with one attached hydrogen (secondary N) is 1. The Hall–Kier alpha value is -1.86. The first-order valence-corrected chi connectivity index (χ1v) is 8.81. The number of hydrogen-bond acceptors (Lipinski definition) is 4. The van der Waals surface area contributed by atoms with Crippen LogP contribution in [-0.4, -0.2) is 46.8 Å². The second-order valence-electron chi connectivity index (χ2n) is 7.36. The fraction of sp³-hybridized carbons (Fsp3) is 0.556. The van der Waals surface area contributed by atoms with Crippen LogP contribution in [0, 0.1) is 11.7 Å². The second kappa shape index (κ2) is 8.22. The van der Waals surface area contributed by atoms with Crippen LogP contribution >= 0.6 is 11.6 Å². The van der Waals surface area contributed by atoms with E-state index in [4.69, 9.17) is 16.3 Å². The van der Waals surface area contributed by atoms with Crippen molar-refractivity contribution in [3.8, 4) is 0 Å². The van der Waals surface area contributed by atoms with Gasteiger partial charge in [-0.1, -0.05) is 23.7 Å². The van der Waals surface area contributed by atoms with Crippen LogP contribution in [0.25, 0.3) is 0 Å². The minimum atomic E-state index is -0.774. The Morgan fingerprint density at radius 1 is 1.42 bits per heavy atom. The highest BCUT2D eigenvalue weighted by atomic mass is 35.5. The average molecular weight is 387 g/mol. The van der Waals surface area contributed by atoms with E-state index in [1.807, 2.05) is 0 Å². The standard InChI is InChI=1S/C18H24ClFN2O4/c1-18(2,3)26-17(25)22-9-11(10-23)7-14(22)16(24)21-8-12-5-4-6-13(19)15(12)20/h4-6,11,14,23H,7-10H2,1-3H3,(H,21,24)/t11-,14+/m1/s1. The number of aliphatic hydroxyl groups excluding tert-OH is 1. The van der Waals surface area contributed by atoms with Gasteiger partial charge in [0.05, 0.1) is 5.02 Å². The number of amides is 2. The number of likely N-dealkylation sites (tertiary alicyclic amines) is 1. The van der Waals surface area contributed by atoms with Crippen LogP contribution < -0.4 is 5.32 Å². The fourth-order valence-electron chi connectivity index (χ4n) is 2.81. The molecule has 1 fully saturated rings. The van der Waals surface area contributed by atoms with Crippen molar-refractivity contribution in [2.45, 2.75) is 45.4 Å². The van der Waals surface area contributed by atoms with E-state index >= 15 is 0 Å². The van der Waals surface area contributed by atoms with Crippen LogP contribution in [0.2, 0.25) is 5.02 Å². The molecule has 2 atom stereocenters. The summed E-state index contributed by atoms with van der Waals surface area (Å²) in [5.74, 6) is -1.22. The number of rotatable bonds is 4. The lowest BCUT2D eigenvalue weighted by Crippen LogP contribution is -2.47. The first kappa shape index (κ1) is 20.5. The fourth-order valence-corrected chi connectivity index (χ4v) is 3.01. The largest absolute Gasteiger partial charge is 0.444 e. The van der Waals surface area contributed by atoms with Crippen LogP contribution in [0.5, 0.6) is 0 Å². The van der Waals surface area contributed by atoms with Gasteiger partial charge in [0.1, 0.15) is 17.5 Å². The van der Waals surface area contributed by atoms with E-state index in [1.165, 1.54) is 17.0 Å². The number of halogens is 2. The molecule has 6 nitrogen and oxygen atoms in total. The maximum atomic E-state index is 13.9. The molecular formula is C18H24ClFN2O4. The molecule has 144 valence electrons. The summed E-state index contributed by atoms with van der Waals surface area (Å²) in [5, 5.41) is 12.0. The molecule has 1 aliphatic heterocycles. The summed E-state index contributed by atoms with van der Waals surface area (Å²) in [5.41, 5.74) is -0.439. The van der Waals surface area contributed by atoms with Gasteiger partial charge in [-0.05, 0) is 33.3 Å². The summed E-state index contributed by atoms with van der Waals surface area (Å²) in [4.78, 5) is 26.2. The summed E-state index contributed by atoms with van der Waals surface area (Å²) >= 11 is 5.74. The Labute approximate surface area is 157 Å². The van der Waals surface area contributed by atoms with E-state index in [0.29, 0.717) is 6.42 Å². The molecule has 1 saturated heterocycles. The third kappa shape index (κ3) is 5.08. The lowest BCUT2D eigenvalue weighted by molar-refractivity contribution is -0.125. The van der Waals surface area contributed by atoms with E-state index in [-0.39, 0.29) is 36.2 Å². The normalized spacial score (nSPS) is 20.2. The number of carbonyl (C=O) groups is 2. The molecule has 1 aliphatic rings. The highest BCUT2D eigenvalue weighted by Crippen LogP contribution is 2.26. The quantitative estimate of drug-likeness (QED) is 0.833. The highest BCUT2D eigenvalue weighted by Gasteiger charge is 2.41. The van der Waals surface area contributed by atoms with Crippen molar-refractivity contribution in [1.82, 2.24) is 10.2 Å². The van der Waals surface area contributed by atoms with Gasteiger partial charge in [-0.25, -0.2) is 9.18 Å². The molecule has 26 heavy (non-hydrogen) atoms. The Balaban J connectivity index is 2.06. The van der Waals surface area contributed by atoms with Crippen molar-refractivity contribution in [1.29, 1.82) is 0 Å². The monoisotopic (exact) mass is 386 g/mol. The van der Waals surface area contributed by atoms with Crippen LogP contribution in [-0.2, 0) is 16.1 Å². The van der Waals surface area contributed by atoms with Gasteiger partial charge in [0.15, 0.2) is 0 Å². The van der Waals surface area contributed by atoms with Crippen LogP contribution in [0.15, 0.2) is 18.2 Å². The van der Waals surface area contributed by atoms with Crippen molar-refractivity contribution in [2.24, 2.45) is 5.92 Å². The van der Waals surface area contributed by atoms with Crippen molar-refractivity contribution in [2.75, 3.05) is 13.2 Å². The summed E-state index contributed by atoms with van der Waals surface area (Å²) in [6.07, 6.45) is -0.290. The minimum absolute atomic E-state index is 0.0201. The lowest BCUT2D eigenvalue weighted by Gasteiger charge is -2.28. The minimum Gasteiger partial charge on any atom is -0.444 e. The number of ether oxygens (including phenoxy) is 1. The Morgan fingerprint density at radius 2 is 2.12 bits per heavy atom. The van der Waals surface area contributed by atoms with Gasteiger partial charge in [0.25, 0.3) is 0 Å². The average Bonchev–Trinajstić information content (AvgIpc) is 2.99. The molecule has 0 bridgehead atoms. The van der Waals surface area contributed by atoms with Gasteiger partial charge in [0.2, 0.25) is 5.91 Å². The van der Waals surface area contributed by atoms with Gasteiger partial charge < -0.3 is 15.2 Å². The molecule has 0 radical (unpaired) electrons. The van der Waals surface area contributed by atoms with E-state index in [2.05, 4.69) is 5.32 Å². The third-order valence-corrected chi connectivity index (χ3v) is 4.35. The molecule has 0 saturated carbocycles. The molecule has 2 rings (SSSR count). The first-order valence-electron chi connectivity index (χ1n) is 8.43. The summed E-state index contributed by atoms with van der Waals surface area (Å²) in [7, 11) is 0. The predicted octanol–water partition coefficient (Wildman–Crippen LogP) is 2.71. The summed E-state index contributed by atoms with van der Waals surface area (Å²) < 4.78 is 19.3. The zero-order valence-corrected chi connectivity index (χ0v) is 15.8. The van der Waals surface area contributed by atoms with Crippen LogP contribution in [0.3, 0.4) is 0 Å². The predicted molar refractivity (Wildman–Crippen MR) is 95.2 cm³/mol. The smallest absolute Gasteiger partial charge is 0.410 e. The zero-order chi connectivity index (χ0) is 19.5. The lowest BCUT2D eigenvalue weighted by atomic mass is 10.1. The molecule has 2 N–H and O–H groups in total. The Kier molecular flexibility index (Phi) is 6.47. The zero-order valence-electron chi connectivity index (χ0n) is 15.1. The van der Waals surface area contributed by atoms with Crippen LogP contribution in [0.4, 0.5) is 9.18 Å². The molecule has 0 spiro atoms. The van der Waals surface area contributed by atoms with Crippen molar-refractivity contribution < 1.29 is 23.8 Å². The van der Waals surface area contributed by atoms with E-state index in [9.17, 15) is 19.1 Å².